The highest BCUT2D eigenvalue weighted by molar-refractivity contribution is 6.25. The first-order valence-electron chi connectivity index (χ1n) is 12.6. The van der Waals surface area contributed by atoms with E-state index in [1.54, 1.807) is 12.1 Å². The van der Waals surface area contributed by atoms with Gasteiger partial charge in [0.2, 0.25) is 11.5 Å². The van der Waals surface area contributed by atoms with E-state index in [0.29, 0.717) is 38.4 Å². The number of benzene rings is 2. The van der Waals surface area contributed by atoms with Gasteiger partial charge in [0, 0.05) is 42.9 Å². The number of hydrogen-bond donors (Lipinski definition) is 9. The van der Waals surface area contributed by atoms with Crippen molar-refractivity contribution in [1.29, 1.82) is 0 Å². The molecule has 5 rings (SSSR count). The van der Waals surface area contributed by atoms with Gasteiger partial charge in [0.25, 0.3) is 23.5 Å². The number of fused-ring (bicyclic) bond motifs is 1. The van der Waals surface area contributed by atoms with Crippen molar-refractivity contribution in [3.05, 3.63) is 46.3 Å². The summed E-state index contributed by atoms with van der Waals surface area (Å²) in [7, 11) is 5.46. The molecule has 2 saturated heterocycles. The Hall–Kier alpha value is -4.00. The van der Waals surface area contributed by atoms with Crippen LogP contribution in [-0.4, -0.2) is 114 Å². The van der Waals surface area contributed by atoms with E-state index >= 15 is 4.39 Å². The maximum absolute atomic E-state index is 15.4. The van der Waals surface area contributed by atoms with E-state index in [2.05, 4.69) is 5.32 Å². The first kappa shape index (κ1) is 29.5. The number of nitrogens with one attached hydrogen (secondary N) is 2. The number of ether oxygens (including phenoxy) is 1. The third-order valence-electron chi connectivity index (χ3n) is 7.73. The number of amides is 3. The van der Waals surface area contributed by atoms with E-state index in [1.165, 1.54) is 11.4 Å². The van der Waals surface area contributed by atoms with Crippen LogP contribution in [0.5, 0.6) is 17.2 Å². The minimum Gasteiger partial charge on any atom is -0.504 e. The summed E-state index contributed by atoms with van der Waals surface area (Å²) in [5, 5.41) is 77.4. The zero-order valence-corrected chi connectivity index (χ0v) is 21.8. The second-order valence-electron chi connectivity index (χ2n) is 10.2. The highest BCUT2D eigenvalue weighted by Crippen LogP contribution is 2.51. The summed E-state index contributed by atoms with van der Waals surface area (Å²) in [6.45, 7) is 1.30. The molecule has 222 valence electrons. The third kappa shape index (κ3) is 4.16. The van der Waals surface area contributed by atoms with E-state index in [4.69, 9.17) is 12.6 Å². The number of imide groups is 1. The maximum atomic E-state index is 15.4. The lowest BCUT2D eigenvalue weighted by molar-refractivity contribution is -0.302. The second-order valence-corrected chi connectivity index (χ2v) is 10.2. The van der Waals surface area contributed by atoms with Crippen LogP contribution in [-0.2, 0) is 34.0 Å². The van der Waals surface area contributed by atoms with Crippen LogP contribution in [0.3, 0.4) is 0 Å². The van der Waals surface area contributed by atoms with Crippen LogP contribution in [0.15, 0.2) is 18.2 Å². The fraction of sp³-hybridized carbons (Fsp3) is 0.400. The molecule has 0 aliphatic carbocycles. The van der Waals surface area contributed by atoms with Gasteiger partial charge in [0.15, 0.2) is 11.5 Å². The van der Waals surface area contributed by atoms with Gasteiger partial charge >= 0.3 is 0 Å². The highest BCUT2D eigenvalue weighted by Gasteiger charge is 2.73. The van der Waals surface area contributed by atoms with Gasteiger partial charge in [-0.1, -0.05) is 18.2 Å². The number of anilines is 1. The normalized spacial score (nSPS) is 25.8. The number of rotatable bonds is 6. The number of halogens is 1. The van der Waals surface area contributed by atoms with Crippen LogP contribution in [0, 0.1) is 5.82 Å². The minimum absolute atomic E-state index is 0.105. The van der Waals surface area contributed by atoms with Crippen molar-refractivity contribution in [3.8, 4) is 17.2 Å². The van der Waals surface area contributed by atoms with E-state index in [1.807, 2.05) is 4.90 Å². The number of aliphatic hydroxyl groups is 4. The minimum atomic E-state index is -3.98. The highest BCUT2D eigenvalue weighted by atomic mass is 19.1. The van der Waals surface area contributed by atoms with Crippen molar-refractivity contribution < 1.29 is 59.3 Å². The molecule has 42 heavy (non-hydrogen) atoms. The van der Waals surface area contributed by atoms with Crippen LogP contribution < -0.4 is 10.6 Å². The Morgan fingerprint density at radius 1 is 0.976 bits per heavy atom. The van der Waals surface area contributed by atoms with E-state index < -0.39 is 75.6 Å². The number of phenols is 3. The summed E-state index contributed by atoms with van der Waals surface area (Å²) in [5.41, 5.74) is -8.70. The molecule has 2 aromatic rings. The van der Waals surface area contributed by atoms with Crippen molar-refractivity contribution in [2.24, 2.45) is 0 Å². The first-order valence-corrected chi connectivity index (χ1v) is 12.6. The molecule has 17 heteroatoms. The molecule has 2 aromatic carbocycles. The molecule has 0 bridgehead atoms. The van der Waals surface area contributed by atoms with Gasteiger partial charge in [0.1, 0.15) is 19.2 Å². The van der Waals surface area contributed by atoms with Gasteiger partial charge in [-0.25, -0.2) is 4.39 Å². The van der Waals surface area contributed by atoms with Crippen LogP contribution in [0.4, 0.5) is 10.1 Å². The summed E-state index contributed by atoms with van der Waals surface area (Å²) in [6, 6.07) is 4.66. The van der Waals surface area contributed by atoms with Gasteiger partial charge in [0.05, 0.1) is 31.0 Å². The van der Waals surface area contributed by atoms with E-state index in [9.17, 15) is 50.1 Å². The van der Waals surface area contributed by atoms with Gasteiger partial charge in [-0.15, -0.1) is 0 Å². The molecule has 2 unspecified atom stereocenters. The monoisotopic (exact) mass is 588 g/mol. The number of phenolic OH excluding ortho intramolecular Hbond substituents is 3. The SMILES string of the molecule is [B]C1(O)C(O)(O)C(=O)NC(=O)C1(O)N1Cc2c(NCc3cccc(CN4CCOCC4)c3F)c(O)c(O)c(O)c2C1=O. The van der Waals surface area contributed by atoms with Crippen LogP contribution >= 0.6 is 0 Å². The molecule has 0 saturated carbocycles. The predicted octanol–water partition coefficient (Wildman–Crippen LogP) is -2.77. The van der Waals surface area contributed by atoms with Gasteiger partial charge in [-0.3, -0.25) is 29.5 Å². The molecule has 2 atom stereocenters. The summed E-state index contributed by atoms with van der Waals surface area (Å²) >= 11 is 0. The Labute approximate surface area is 237 Å². The zero-order chi connectivity index (χ0) is 30.8. The molecular formula is C25H26BFN4O11. The lowest BCUT2D eigenvalue weighted by atomic mass is 9.63. The molecule has 15 nitrogen and oxygen atoms in total. The molecule has 3 aliphatic heterocycles. The van der Waals surface area contributed by atoms with Crippen molar-refractivity contribution in [2.75, 3.05) is 31.6 Å². The molecule has 3 aliphatic rings. The summed E-state index contributed by atoms with van der Waals surface area (Å²) in [4.78, 5) is 40.0. The smallest absolute Gasteiger partial charge is 0.289 e. The van der Waals surface area contributed by atoms with E-state index in [0.717, 1.165) is 0 Å². The number of hydrogen-bond acceptors (Lipinski definition) is 13. The van der Waals surface area contributed by atoms with Crippen molar-refractivity contribution in [3.63, 3.8) is 0 Å². The topological polar surface area (TPSA) is 233 Å². The van der Waals surface area contributed by atoms with Crippen molar-refractivity contribution >= 4 is 31.3 Å². The summed E-state index contributed by atoms with van der Waals surface area (Å²) in [5.74, 6) is -13.1. The Kier molecular flexibility index (Phi) is 7.08. The van der Waals surface area contributed by atoms with Crippen molar-refractivity contribution in [2.45, 2.75) is 36.6 Å². The average molecular weight is 588 g/mol. The molecular weight excluding hydrogens is 562 g/mol. The zero-order valence-electron chi connectivity index (χ0n) is 21.8. The number of piperidine rings is 1. The molecule has 3 amide bonds. The Balaban J connectivity index is 1.48. The molecule has 0 spiro atoms. The first-order chi connectivity index (χ1) is 19.6. The maximum Gasteiger partial charge on any atom is 0.289 e. The van der Waals surface area contributed by atoms with Gasteiger partial charge in [-0.2, -0.15) is 0 Å². The van der Waals surface area contributed by atoms with Crippen molar-refractivity contribution in [1.82, 2.24) is 15.1 Å². The van der Waals surface area contributed by atoms with Crippen LogP contribution in [0.25, 0.3) is 0 Å². The number of nitrogens with zero attached hydrogens (tertiary/aromatic N) is 2. The number of carbonyl (C=O) groups excluding carboxylic acids is 3. The number of aromatic hydroxyl groups is 3. The second kappa shape index (κ2) is 10.1. The molecule has 0 aromatic heterocycles. The summed E-state index contributed by atoms with van der Waals surface area (Å²) in [6.07, 6.45) is 0. The third-order valence-corrected chi connectivity index (χ3v) is 7.73. The standard InChI is InChI=1S/C25H26BFN4O11/c26-25(41)23(38,21(36)29-22(37)24(25,39)40)31-10-13-14(20(31)35)17(32)19(34)18(33)16(13)28-8-11-2-1-3-12(15(11)27)9-30-4-6-42-7-5-30/h1-3,28,32-34,38-41H,4-10H2,(H,29,36,37). The molecule has 2 fully saturated rings. The van der Waals surface area contributed by atoms with E-state index in [-0.39, 0.29) is 22.6 Å². The number of carbonyl (C=O) groups is 3. The quantitative estimate of drug-likeness (QED) is 0.0548. The Morgan fingerprint density at radius 3 is 2.29 bits per heavy atom. The lowest BCUT2D eigenvalue weighted by Gasteiger charge is -2.52. The number of morpholine rings is 1. The molecule has 2 radical (unpaired) electrons. The Morgan fingerprint density at radius 2 is 1.62 bits per heavy atom. The molecule has 3 heterocycles. The van der Waals surface area contributed by atoms with Crippen LogP contribution in [0.2, 0.25) is 0 Å². The van der Waals surface area contributed by atoms with Gasteiger partial charge < -0.3 is 45.8 Å². The molecule has 9 N–H and O–H groups in total. The van der Waals surface area contributed by atoms with Gasteiger partial charge in [-0.05, 0) is 0 Å². The largest absolute Gasteiger partial charge is 0.504 e. The van der Waals surface area contributed by atoms with Crippen LogP contribution in [0.1, 0.15) is 27.0 Å². The predicted molar refractivity (Wildman–Crippen MR) is 137 cm³/mol. The Bertz CT molecular complexity index is 1500. The fourth-order valence-corrected chi connectivity index (χ4v) is 5.24. The fourth-order valence-electron chi connectivity index (χ4n) is 5.24. The lowest BCUT2D eigenvalue weighted by Crippen LogP contribution is -2.86. The summed E-state index contributed by atoms with van der Waals surface area (Å²) < 4.78 is 20.7. The average Bonchev–Trinajstić information content (AvgIpc) is 3.29.